The molecule has 0 radical (unpaired) electrons. The second-order valence-electron chi connectivity index (χ2n) is 3.40. The molecule has 0 amide bonds. The largest absolute Gasteiger partial charge is 0.482 e. The van der Waals surface area contributed by atoms with E-state index in [1.807, 2.05) is 25.1 Å². The number of rotatable bonds is 6. The van der Waals surface area contributed by atoms with Crippen LogP contribution < -0.4 is 4.74 Å². The number of hydrogen-bond donors (Lipinski definition) is 1. The molecule has 0 unspecified atom stereocenters. The Bertz CT molecular complexity index is 336. The van der Waals surface area contributed by atoms with E-state index >= 15 is 0 Å². The Morgan fingerprint density at radius 3 is 2.94 bits per heavy atom. The van der Waals surface area contributed by atoms with Crippen molar-refractivity contribution in [1.29, 1.82) is 0 Å². The Morgan fingerprint density at radius 2 is 2.25 bits per heavy atom. The number of carbonyl (C=O) groups is 1. The molecule has 0 aliphatic carbocycles. The van der Waals surface area contributed by atoms with Gasteiger partial charge in [0.2, 0.25) is 0 Å². The predicted octanol–water partition coefficient (Wildman–Crippen LogP) is 1.30. The van der Waals surface area contributed by atoms with E-state index in [1.165, 1.54) is 0 Å². The van der Waals surface area contributed by atoms with Crippen LogP contribution in [0.3, 0.4) is 0 Å². The summed E-state index contributed by atoms with van der Waals surface area (Å²) in [6, 6.07) is 7.45. The van der Waals surface area contributed by atoms with Gasteiger partial charge in [0.25, 0.3) is 0 Å². The number of carbonyl (C=O) groups excluding carboxylic acids is 1. The van der Waals surface area contributed by atoms with E-state index in [4.69, 9.17) is 14.6 Å². The molecule has 0 aliphatic heterocycles. The van der Waals surface area contributed by atoms with Gasteiger partial charge in [-0.3, -0.25) is 0 Å². The highest BCUT2D eigenvalue weighted by Crippen LogP contribution is 2.11. The summed E-state index contributed by atoms with van der Waals surface area (Å²) in [5.41, 5.74) is 1.08. The molecule has 0 heterocycles. The van der Waals surface area contributed by atoms with Crippen LogP contribution in [0.2, 0.25) is 0 Å². The lowest BCUT2D eigenvalue weighted by Gasteiger charge is -2.06. The van der Waals surface area contributed by atoms with Gasteiger partial charge in [-0.2, -0.15) is 0 Å². The van der Waals surface area contributed by atoms with Crippen LogP contribution in [-0.4, -0.2) is 30.9 Å². The molecule has 0 spiro atoms. The van der Waals surface area contributed by atoms with Gasteiger partial charge in [0, 0.05) is 13.0 Å². The zero-order valence-electron chi connectivity index (χ0n) is 9.31. The van der Waals surface area contributed by atoms with Gasteiger partial charge in [-0.25, -0.2) is 4.79 Å². The summed E-state index contributed by atoms with van der Waals surface area (Å²) in [5.74, 6) is 0.231. The molecule has 0 aromatic heterocycles. The van der Waals surface area contributed by atoms with Gasteiger partial charge in [-0.1, -0.05) is 12.1 Å². The maximum Gasteiger partial charge on any atom is 0.344 e. The first kappa shape index (κ1) is 12.5. The van der Waals surface area contributed by atoms with Crippen LogP contribution in [0.25, 0.3) is 0 Å². The number of hydrogen-bond acceptors (Lipinski definition) is 4. The summed E-state index contributed by atoms with van der Waals surface area (Å²) in [6.07, 6.45) is 0.455. The fourth-order valence-electron chi connectivity index (χ4n) is 1.14. The van der Waals surface area contributed by atoms with Gasteiger partial charge in [0.15, 0.2) is 6.61 Å². The molecule has 0 atom stereocenters. The molecule has 1 N–H and O–H groups in total. The van der Waals surface area contributed by atoms with Crippen molar-refractivity contribution >= 4 is 5.97 Å². The highest BCUT2D eigenvalue weighted by atomic mass is 16.6. The number of benzene rings is 1. The van der Waals surface area contributed by atoms with Crippen molar-refractivity contribution < 1.29 is 19.4 Å². The zero-order valence-corrected chi connectivity index (χ0v) is 9.31. The van der Waals surface area contributed by atoms with Crippen molar-refractivity contribution in [3.8, 4) is 5.75 Å². The SMILES string of the molecule is Cc1cccc(OCC(=O)OCCCO)c1. The minimum atomic E-state index is -0.421. The number of esters is 1. The Labute approximate surface area is 94.8 Å². The lowest BCUT2D eigenvalue weighted by Crippen LogP contribution is -2.15. The van der Waals surface area contributed by atoms with Gasteiger partial charge in [0.05, 0.1) is 6.61 Å². The number of aryl methyl sites for hydroxylation is 1. The maximum atomic E-state index is 11.1. The van der Waals surface area contributed by atoms with E-state index in [9.17, 15) is 4.79 Å². The van der Waals surface area contributed by atoms with Crippen LogP contribution in [0.15, 0.2) is 24.3 Å². The van der Waals surface area contributed by atoms with Crippen molar-refractivity contribution in [2.45, 2.75) is 13.3 Å². The molecule has 88 valence electrons. The number of ether oxygens (including phenoxy) is 2. The van der Waals surface area contributed by atoms with E-state index < -0.39 is 5.97 Å². The predicted molar refractivity (Wildman–Crippen MR) is 59.3 cm³/mol. The van der Waals surface area contributed by atoms with Gasteiger partial charge >= 0.3 is 5.97 Å². The third-order valence-corrected chi connectivity index (χ3v) is 1.91. The van der Waals surface area contributed by atoms with Crippen LogP contribution in [-0.2, 0) is 9.53 Å². The first-order valence-corrected chi connectivity index (χ1v) is 5.18. The van der Waals surface area contributed by atoms with Gasteiger partial charge < -0.3 is 14.6 Å². The molecular formula is C12H16O4. The minimum absolute atomic E-state index is 0.0199. The van der Waals surface area contributed by atoms with E-state index in [-0.39, 0.29) is 19.8 Å². The van der Waals surface area contributed by atoms with Crippen molar-refractivity contribution in [3.63, 3.8) is 0 Å². The normalized spacial score (nSPS) is 9.88. The summed E-state index contributed by atoms with van der Waals surface area (Å²) < 4.78 is 10.1. The zero-order chi connectivity index (χ0) is 11.8. The second-order valence-corrected chi connectivity index (χ2v) is 3.40. The van der Waals surface area contributed by atoms with Crippen LogP contribution in [0.4, 0.5) is 0 Å². The third-order valence-electron chi connectivity index (χ3n) is 1.91. The molecule has 4 heteroatoms. The Balaban J connectivity index is 2.26. The molecule has 1 aromatic carbocycles. The minimum Gasteiger partial charge on any atom is -0.482 e. The molecule has 0 saturated carbocycles. The fourth-order valence-corrected chi connectivity index (χ4v) is 1.14. The average Bonchev–Trinajstić information content (AvgIpc) is 2.27. The molecule has 0 fully saturated rings. The second kappa shape index (κ2) is 6.85. The van der Waals surface area contributed by atoms with Crippen LogP contribution in [0, 0.1) is 6.92 Å². The molecular weight excluding hydrogens is 208 g/mol. The summed E-state index contributed by atoms with van der Waals surface area (Å²) in [4.78, 5) is 11.1. The molecule has 0 saturated heterocycles. The summed E-state index contributed by atoms with van der Waals surface area (Å²) in [5, 5.41) is 8.50. The monoisotopic (exact) mass is 224 g/mol. The first-order chi connectivity index (χ1) is 7.72. The maximum absolute atomic E-state index is 11.1. The van der Waals surface area contributed by atoms with Gasteiger partial charge in [-0.05, 0) is 24.6 Å². The molecule has 16 heavy (non-hydrogen) atoms. The average molecular weight is 224 g/mol. The fraction of sp³-hybridized carbons (Fsp3) is 0.417. The van der Waals surface area contributed by atoms with E-state index in [1.54, 1.807) is 6.07 Å². The van der Waals surface area contributed by atoms with Crippen LogP contribution in [0.5, 0.6) is 5.75 Å². The summed E-state index contributed by atoms with van der Waals surface area (Å²) >= 11 is 0. The molecule has 0 aliphatic rings. The summed E-state index contributed by atoms with van der Waals surface area (Å²) in [6.45, 7) is 2.10. The topological polar surface area (TPSA) is 55.8 Å². The molecule has 1 rings (SSSR count). The standard InChI is InChI=1S/C12H16O4/c1-10-4-2-5-11(8-10)16-9-12(14)15-7-3-6-13/h2,4-5,8,13H,3,6-7,9H2,1H3. The lowest BCUT2D eigenvalue weighted by molar-refractivity contribution is -0.146. The van der Waals surface area contributed by atoms with Crippen LogP contribution >= 0.6 is 0 Å². The quantitative estimate of drug-likeness (QED) is 0.584. The van der Waals surface area contributed by atoms with E-state index in [0.717, 1.165) is 5.56 Å². The van der Waals surface area contributed by atoms with Gasteiger partial charge in [0.1, 0.15) is 5.75 Å². The molecule has 4 nitrogen and oxygen atoms in total. The Hall–Kier alpha value is -1.55. The third kappa shape index (κ3) is 4.79. The Kier molecular flexibility index (Phi) is 5.36. The molecule has 0 bridgehead atoms. The Morgan fingerprint density at radius 1 is 1.44 bits per heavy atom. The van der Waals surface area contributed by atoms with Crippen molar-refractivity contribution in [2.75, 3.05) is 19.8 Å². The lowest BCUT2D eigenvalue weighted by atomic mass is 10.2. The van der Waals surface area contributed by atoms with Crippen molar-refractivity contribution in [1.82, 2.24) is 0 Å². The highest BCUT2D eigenvalue weighted by Gasteiger charge is 2.03. The number of aliphatic hydroxyl groups excluding tert-OH is 1. The molecule has 1 aromatic rings. The smallest absolute Gasteiger partial charge is 0.344 e. The van der Waals surface area contributed by atoms with Crippen molar-refractivity contribution in [2.24, 2.45) is 0 Å². The van der Waals surface area contributed by atoms with Crippen molar-refractivity contribution in [3.05, 3.63) is 29.8 Å². The van der Waals surface area contributed by atoms with Crippen LogP contribution in [0.1, 0.15) is 12.0 Å². The number of aliphatic hydroxyl groups is 1. The first-order valence-electron chi connectivity index (χ1n) is 5.18. The highest BCUT2D eigenvalue weighted by molar-refractivity contribution is 5.71. The van der Waals surface area contributed by atoms with Gasteiger partial charge in [-0.15, -0.1) is 0 Å². The van der Waals surface area contributed by atoms with E-state index in [0.29, 0.717) is 12.2 Å². The van der Waals surface area contributed by atoms with E-state index in [2.05, 4.69) is 0 Å². The summed E-state index contributed by atoms with van der Waals surface area (Å²) in [7, 11) is 0.